The Morgan fingerprint density at radius 1 is 1.05 bits per heavy atom. The van der Waals surface area contributed by atoms with Crippen molar-refractivity contribution in [1.82, 2.24) is 0 Å². The summed E-state index contributed by atoms with van der Waals surface area (Å²) >= 11 is 0. The fourth-order valence-corrected chi connectivity index (χ4v) is 2.86. The zero-order valence-electron chi connectivity index (χ0n) is 11.7. The van der Waals surface area contributed by atoms with Gasteiger partial charge >= 0.3 is 18.1 Å². The molecule has 0 saturated heterocycles. The summed E-state index contributed by atoms with van der Waals surface area (Å²) in [6.45, 7) is 0. The number of hydrogen-bond donors (Lipinski definition) is 2. The smallest absolute Gasteiger partial charge is 0.471 e. The first kappa shape index (κ1) is 16.3. The molecule has 1 aliphatic rings. The molecule has 4 nitrogen and oxygen atoms in total. The molecule has 0 bridgehead atoms. The van der Waals surface area contributed by atoms with E-state index in [4.69, 9.17) is 0 Å². The van der Waals surface area contributed by atoms with Crippen molar-refractivity contribution in [2.24, 2.45) is 0 Å². The normalized spacial score (nSPS) is 17.8. The fraction of sp³-hybridized carbons (Fsp3) is 0.467. The summed E-state index contributed by atoms with van der Waals surface area (Å²) in [6.07, 6.45) is -1.34. The number of rotatable bonds is 3. The second-order valence-electron chi connectivity index (χ2n) is 5.48. The first-order chi connectivity index (χ1) is 10.3. The van der Waals surface area contributed by atoms with Gasteiger partial charge in [-0.3, -0.25) is 9.59 Å². The van der Waals surface area contributed by atoms with E-state index in [1.54, 1.807) is 5.32 Å². The van der Waals surface area contributed by atoms with E-state index in [9.17, 15) is 27.9 Å². The standard InChI is InChI=1S/C15H16F3NO3/c16-15(17,18)12(20)19-11-6-4-10(5-7-11)14(13(21)22)8-2-1-3-9-14/h4-7H,1-3,8-9H2,(H,19,20)(H,21,22). The average molecular weight is 315 g/mol. The molecular formula is C15H16F3NO3. The van der Waals surface area contributed by atoms with Gasteiger partial charge in [0.1, 0.15) is 0 Å². The fourth-order valence-electron chi connectivity index (χ4n) is 2.86. The number of benzene rings is 1. The monoisotopic (exact) mass is 315 g/mol. The highest BCUT2D eigenvalue weighted by Crippen LogP contribution is 2.40. The molecule has 1 aliphatic carbocycles. The van der Waals surface area contributed by atoms with Crippen LogP contribution in [-0.4, -0.2) is 23.2 Å². The second kappa shape index (κ2) is 5.98. The van der Waals surface area contributed by atoms with Crippen molar-refractivity contribution in [3.63, 3.8) is 0 Å². The lowest BCUT2D eigenvalue weighted by Gasteiger charge is -2.33. The van der Waals surface area contributed by atoms with Crippen LogP contribution in [0.15, 0.2) is 24.3 Å². The number of alkyl halides is 3. The van der Waals surface area contributed by atoms with E-state index < -0.39 is 23.5 Å². The van der Waals surface area contributed by atoms with Crippen molar-refractivity contribution in [1.29, 1.82) is 0 Å². The second-order valence-corrected chi connectivity index (χ2v) is 5.48. The van der Waals surface area contributed by atoms with E-state index in [2.05, 4.69) is 0 Å². The predicted octanol–water partition coefficient (Wildman–Crippen LogP) is 3.47. The molecule has 1 fully saturated rings. The van der Waals surface area contributed by atoms with Gasteiger partial charge in [0.05, 0.1) is 5.41 Å². The maximum atomic E-state index is 12.2. The number of halogens is 3. The van der Waals surface area contributed by atoms with Gasteiger partial charge < -0.3 is 10.4 Å². The quantitative estimate of drug-likeness (QED) is 0.897. The van der Waals surface area contributed by atoms with Crippen LogP contribution < -0.4 is 5.32 Å². The Kier molecular flexibility index (Phi) is 4.44. The molecule has 0 aliphatic heterocycles. The third-order valence-corrected chi connectivity index (χ3v) is 4.07. The molecule has 0 unspecified atom stereocenters. The minimum absolute atomic E-state index is 0.0116. The molecule has 0 radical (unpaired) electrons. The first-order valence-electron chi connectivity index (χ1n) is 6.98. The largest absolute Gasteiger partial charge is 0.481 e. The molecule has 2 N–H and O–H groups in total. The van der Waals surface area contributed by atoms with Crippen LogP contribution in [0.4, 0.5) is 18.9 Å². The topological polar surface area (TPSA) is 66.4 Å². The van der Waals surface area contributed by atoms with E-state index in [0.717, 1.165) is 19.3 Å². The van der Waals surface area contributed by atoms with Crippen LogP contribution in [0.25, 0.3) is 0 Å². The Morgan fingerprint density at radius 2 is 1.59 bits per heavy atom. The summed E-state index contributed by atoms with van der Waals surface area (Å²) in [5.74, 6) is -2.97. The molecule has 1 amide bonds. The summed E-state index contributed by atoms with van der Waals surface area (Å²) in [7, 11) is 0. The maximum Gasteiger partial charge on any atom is 0.471 e. The summed E-state index contributed by atoms with van der Waals surface area (Å²) in [5.41, 5.74) is -0.433. The molecule has 2 rings (SSSR count). The summed E-state index contributed by atoms with van der Waals surface area (Å²) in [5, 5.41) is 11.3. The Labute approximate surface area is 125 Å². The number of amides is 1. The van der Waals surface area contributed by atoms with Crippen LogP contribution in [0.1, 0.15) is 37.7 Å². The summed E-state index contributed by atoms with van der Waals surface area (Å²) in [6, 6.07) is 5.56. The van der Waals surface area contributed by atoms with Crippen LogP contribution in [-0.2, 0) is 15.0 Å². The number of carbonyl (C=O) groups is 2. The highest BCUT2D eigenvalue weighted by atomic mass is 19.4. The Balaban J connectivity index is 2.20. The van der Waals surface area contributed by atoms with Gasteiger partial charge in [-0.05, 0) is 30.5 Å². The molecule has 0 aromatic heterocycles. The average Bonchev–Trinajstić information content (AvgIpc) is 2.47. The van der Waals surface area contributed by atoms with E-state index in [0.29, 0.717) is 18.4 Å². The predicted molar refractivity (Wildman–Crippen MR) is 73.5 cm³/mol. The summed E-state index contributed by atoms with van der Waals surface area (Å²) in [4.78, 5) is 22.5. The van der Waals surface area contributed by atoms with Crippen molar-refractivity contribution >= 4 is 17.6 Å². The molecule has 1 aromatic rings. The Hall–Kier alpha value is -2.05. The van der Waals surface area contributed by atoms with Gasteiger partial charge in [-0.25, -0.2) is 0 Å². The maximum absolute atomic E-state index is 12.2. The Morgan fingerprint density at radius 3 is 2.05 bits per heavy atom. The third kappa shape index (κ3) is 3.23. The van der Waals surface area contributed by atoms with Gasteiger partial charge in [-0.2, -0.15) is 13.2 Å². The highest BCUT2D eigenvalue weighted by Gasteiger charge is 2.41. The molecule has 1 aromatic carbocycles. The highest BCUT2D eigenvalue weighted by molar-refractivity contribution is 5.95. The molecule has 1 saturated carbocycles. The van der Waals surface area contributed by atoms with Crippen molar-refractivity contribution in [3.8, 4) is 0 Å². The summed E-state index contributed by atoms with van der Waals surface area (Å²) < 4.78 is 36.5. The van der Waals surface area contributed by atoms with E-state index in [-0.39, 0.29) is 5.69 Å². The van der Waals surface area contributed by atoms with Crippen molar-refractivity contribution in [2.75, 3.05) is 5.32 Å². The zero-order chi connectivity index (χ0) is 16.4. The van der Waals surface area contributed by atoms with Gasteiger partial charge in [-0.15, -0.1) is 0 Å². The van der Waals surface area contributed by atoms with Crippen LogP contribution >= 0.6 is 0 Å². The molecule has 0 atom stereocenters. The van der Waals surface area contributed by atoms with Crippen molar-refractivity contribution < 1.29 is 27.9 Å². The molecular weight excluding hydrogens is 299 g/mol. The number of anilines is 1. The number of carboxylic acids is 1. The zero-order valence-corrected chi connectivity index (χ0v) is 11.7. The molecule has 120 valence electrons. The number of hydrogen-bond acceptors (Lipinski definition) is 2. The van der Waals surface area contributed by atoms with Crippen LogP contribution in [0.3, 0.4) is 0 Å². The van der Waals surface area contributed by atoms with Crippen molar-refractivity contribution in [2.45, 2.75) is 43.7 Å². The number of aliphatic carboxylic acids is 1. The number of carbonyl (C=O) groups excluding carboxylic acids is 1. The van der Waals surface area contributed by atoms with Gasteiger partial charge in [0.15, 0.2) is 0 Å². The molecule has 7 heteroatoms. The van der Waals surface area contributed by atoms with Gasteiger partial charge in [0.2, 0.25) is 0 Å². The Bertz CT molecular complexity index is 560. The van der Waals surface area contributed by atoms with Crippen molar-refractivity contribution in [3.05, 3.63) is 29.8 Å². The molecule has 0 heterocycles. The lowest BCUT2D eigenvalue weighted by Crippen LogP contribution is -2.37. The first-order valence-corrected chi connectivity index (χ1v) is 6.98. The van der Waals surface area contributed by atoms with Crippen LogP contribution in [0, 0.1) is 0 Å². The lowest BCUT2D eigenvalue weighted by atomic mass is 9.69. The van der Waals surface area contributed by atoms with E-state index >= 15 is 0 Å². The molecule has 22 heavy (non-hydrogen) atoms. The minimum atomic E-state index is -4.95. The number of nitrogens with one attached hydrogen (secondary N) is 1. The van der Waals surface area contributed by atoms with Crippen LogP contribution in [0.5, 0.6) is 0 Å². The molecule has 0 spiro atoms. The van der Waals surface area contributed by atoms with Gasteiger partial charge in [0.25, 0.3) is 0 Å². The SMILES string of the molecule is O=C(Nc1ccc(C2(C(=O)O)CCCCC2)cc1)C(F)(F)F. The number of carboxylic acid groups (broad SMARTS) is 1. The van der Waals surface area contributed by atoms with Crippen LogP contribution in [0.2, 0.25) is 0 Å². The minimum Gasteiger partial charge on any atom is -0.481 e. The van der Waals surface area contributed by atoms with Gasteiger partial charge in [0, 0.05) is 5.69 Å². The van der Waals surface area contributed by atoms with E-state index in [1.165, 1.54) is 24.3 Å². The lowest BCUT2D eigenvalue weighted by molar-refractivity contribution is -0.167. The third-order valence-electron chi connectivity index (χ3n) is 4.07. The van der Waals surface area contributed by atoms with Gasteiger partial charge in [-0.1, -0.05) is 31.4 Å². The van der Waals surface area contributed by atoms with E-state index in [1.807, 2.05) is 0 Å².